The van der Waals surface area contributed by atoms with Gasteiger partial charge in [0, 0.05) is 11.3 Å². The van der Waals surface area contributed by atoms with Crippen molar-refractivity contribution >= 4 is 5.69 Å². The lowest BCUT2D eigenvalue weighted by atomic mass is 10.0. The van der Waals surface area contributed by atoms with Gasteiger partial charge in [-0.1, -0.05) is 6.07 Å². The van der Waals surface area contributed by atoms with E-state index in [-0.39, 0.29) is 5.75 Å². The number of benzene rings is 2. The van der Waals surface area contributed by atoms with E-state index < -0.39 is 11.6 Å². The third-order valence-electron chi connectivity index (χ3n) is 2.48. The van der Waals surface area contributed by atoms with E-state index in [9.17, 15) is 8.78 Å². The van der Waals surface area contributed by atoms with E-state index in [1.807, 2.05) is 0 Å². The number of ether oxygens (including phenoxy) is 1. The highest BCUT2D eigenvalue weighted by Crippen LogP contribution is 2.29. The lowest BCUT2D eigenvalue weighted by molar-refractivity contribution is 0.386. The molecule has 0 spiro atoms. The van der Waals surface area contributed by atoms with Crippen LogP contribution in [0.25, 0.3) is 11.1 Å². The van der Waals surface area contributed by atoms with E-state index in [0.717, 1.165) is 0 Å². The molecule has 0 radical (unpaired) electrons. The predicted octanol–water partition coefficient (Wildman–Crippen LogP) is 3.22. The van der Waals surface area contributed by atoms with Crippen LogP contribution in [0.15, 0.2) is 36.4 Å². The molecule has 0 bridgehead atoms. The van der Waals surface area contributed by atoms with Crippen molar-refractivity contribution < 1.29 is 13.5 Å². The minimum Gasteiger partial charge on any atom is -0.494 e. The molecule has 0 saturated carbocycles. The normalized spacial score (nSPS) is 10.3. The summed E-state index contributed by atoms with van der Waals surface area (Å²) in [5, 5.41) is 0. The van der Waals surface area contributed by atoms with E-state index in [4.69, 9.17) is 10.5 Å². The zero-order chi connectivity index (χ0) is 12.4. The number of methoxy groups -OCH3 is 1. The fourth-order valence-electron chi connectivity index (χ4n) is 1.61. The molecular weight excluding hydrogens is 224 g/mol. The standard InChI is InChI=1S/C13H11F2NO/c1-17-13-5-2-8(6-11(13)15)10-7-9(14)3-4-12(10)16/h2-7H,16H2,1H3. The first-order chi connectivity index (χ1) is 8.11. The van der Waals surface area contributed by atoms with Crippen molar-refractivity contribution in [2.45, 2.75) is 0 Å². The molecule has 17 heavy (non-hydrogen) atoms. The van der Waals surface area contributed by atoms with Gasteiger partial charge in [0.1, 0.15) is 5.82 Å². The molecule has 0 unspecified atom stereocenters. The fraction of sp³-hybridized carbons (Fsp3) is 0.0769. The van der Waals surface area contributed by atoms with E-state index in [2.05, 4.69) is 0 Å². The Morgan fingerprint density at radius 2 is 1.82 bits per heavy atom. The quantitative estimate of drug-likeness (QED) is 0.811. The van der Waals surface area contributed by atoms with Crippen molar-refractivity contribution in [3.8, 4) is 16.9 Å². The third kappa shape index (κ3) is 2.20. The van der Waals surface area contributed by atoms with Gasteiger partial charge in [-0.3, -0.25) is 0 Å². The summed E-state index contributed by atoms with van der Waals surface area (Å²) in [6.45, 7) is 0. The van der Waals surface area contributed by atoms with Crippen LogP contribution in [0.2, 0.25) is 0 Å². The first-order valence-electron chi connectivity index (χ1n) is 5.01. The van der Waals surface area contributed by atoms with Crippen molar-refractivity contribution in [3.63, 3.8) is 0 Å². The molecule has 2 rings (SSSR count). The molecule has 0 heterocycles. The van der Waals surface area contributed by atoms with Crippen molar-refractivity contribution in [2.75, 3.05) is 12.8 Å². The van der Waals surface area contributed by atoms with Gasteiger partial charge in [0.05, 0.1) is 7.11 Å². The number of rotatable bonds is 2. The zero-order valence-electron chi connectivity index (χ0n) is 9.21. The van der Waals surface area contributed by atoms with E-state index in [0.29, 0.717) is 16.8 Å². The van der Waals surface area contributed by atoms with Crippen LogP contribution in [0, 0.1) is 11.6 Å². The SMILES string of the molecule is COc1ccc(-c2cc(F)ccc2N)cc1F. The minimum atomic E-state index is -0.506. The van der Waals surface area contributed by atoms with Crippen LogP contribution in [0.3, 0.4) is 0 Å². The molecule has 88 valence electrons. The van der Waals surface area contributed by atoms with E-state index >= 15 is 0 Å². The van der Waals surface area contributed by atoms with Crippen molar-refractivity contribution in [2.24, 2.45) is 0 Å². The van der Waals surface area contributed by atoms with Crippen LogP contribution in [0.1, 0.15) is 0 Å². The molecule has 0 aliphatic carbocycles. The first-order valence-corrected chi connectivity index (χ1v) is 5.01. The Bertz CT molecular complexity index is 555. The first kappa shape index (κ1) is 11.4. The number of halogens is 2. The molecular formula is C13H11F2NO. The molecule has 2 aromatic carbocycles. The molecule has 4 heteroatoms. The summed E-state index contributed by atoms with van der Waals surface area (Å²) in [5.74, 6) is -0.775. The van der Waals surface area contributed by atoms with E-state index in [1.54, 1.807) is 6.07 Å². The maximum atomic E-state index is 13.5. The molecule has 2 N–H and O–H groups in total. The van der Waals surface area contributed by atoms with Gasteiger partial charge in [0.15, 0.2) is 11.6 Å². The molecule has 0 saturated heterocycles. The van der Waals surface area contributed by atoms with Gasteiger partial charge in [-0.25, -0.2) is 8.78 Å². The second-order valence-corrected chi connectivity index (χ2v) is 3.58. The van der Waals surface area contributed by atoms with Crippen LogP contribution in [-0.2, 0) is 0 Å². The lowest BCUT2D eigenvalue weighted by Crippen LogP contribution is -1.93. The van der Waals surface area contributed by atoms with E-state index in [1.165, 1.54) is 37.4 Å². The minimum absolute atomic E-state index is 0.142. The van der Waals surface area contributed by atoms with Gasteiger partial charge in [-0.15, -0.1) is 0 Å². The Kier molecular flexibility index (Phi) is 2.95. The van der Waals surface area contributed by atoms with Gasteiger partial charge < -0.3 is 10.5 Å². The average molecular weight is 235 g/mol. The highest BCUT2D eigenvalue weighted by molar-refractivity contribution is 5.76. The number of hydrogen-bond acceptors (Lipinski definition) is 2. The summed E-state index contributed by atoms with van der Waals surface area (Å²) in [5.41, 5.74) is 7.10. The number of nitrogen functional groups attached to an aromatic ring is 1. The Hall–Kier alpha value is -2.10. The summed E-state index contributed by atoms with van der Waals surface area (Å²) in [6.07, 6.45) is 0. The van der Waals surface area contributed by atoms with Gasteiger partial charge in [0.25, 0.3) is 0 Å². The highest BCUT2D eigenvalue weighted by atomic mass is 19.1. The smallest absolute Gasteiger partial charge is 0.165 e. The third-order valence-corrected chi connectivity index (χ3v) is 2.48. The maximum Gasteiger partial charge on any atom is 0.165 e. The zero-order valence-corrected chi connectivity index (χ0v) is 9.21. The van der Waals surface area contributed by atoms with Gasteiger partial charge >= 0.3 is 0 Å². The largest absolute Gasteiger partial charge is 0.494 e. The molecule has 2 nitrogen and oxygen atoms in total. The second kappa shape index (κ2) is 4.41. The second-order valence-electron chi connectivity index (χ2n) is 3.58. The van der Waals surface area contributed by atoms with Crippen LogP contribution in [0.5, 0.6) is 5.75 Å². The predicted molar refractivity (Wildman–Crippen MR) is 62.8 cm³/mol. The summed E-state index contributed by atoms with van der Waals surface area (Å²) in [4.78, 5) is 0. The molecule has 0 aliphatic rings. The fourth-order valence-corrected chi connectivity index (χ4v) is 1.61. The monoisotopic (exact) mass is 235 g/mol. The molecule has 2 aromatic rings. The van der Waals surface area contributed by atoms with Crippen LogP contribution in [0.4, 0.5) is 14.5 Å². The summed E-state index contributed by atoms with van der Waals surface area (Å²) in [7, 11) is 1.38. The average Bonchev–Trinajstić information content (AvgIpc) is 2.32. The van der Waals surface area contributed by atoms with Crippen molar-refractivity contribution in [1.29, 1.82) is 0 Å². The summed E-state index contributed by atoms with van der Waals surface area (Å²) < 4.78 is 31.4. The number of hydrogen-bond donors (Lipinski definition) is 1. The number of anilines is 1. The Morgan fingerprint density at radius 1 is 1.06 bits per heavy atom. The van der Waals surface area contributed by atoms with Crippen LogP contribution < -0.4 is 10.5 Å². The van der Waals surface area contributed by atoms with Crippen molar-refractivity contribution in [1.82, 2.24) is 0 Å². The van der Waals surface area contributed by atoms with Gasteiger partial charge in [0.2, 0.25) is 0 Å². The lowest BCUT2D eigenvalue weighted by Gasteiger charge is -2.08. The Labute approximate surface area is 97.6 Å². The van der Waals surface area contributed by atoms with Crippen molar-refractivity contribution in [3.05, 3.63) is 48.0 Å². The Morgan fingerprint density at radius 3 is 2.47 bits per heavy atom. The Balaban J connectivity index is 2.53. The number of nitrogens with two attached hydrogens (primary N) is 1. The molecule has 0 atom stereocenters. The van der Waals surface area contributed by atoms with Crippen LogP contribution >= 0.6 is 0 Å². The maximum absolute atomic E-state index is 13.5. The summed E-state index contributed by atoms with van der Waals surface area (Å²) >= 11 is 0. The van der Waals surface area contributed by atoms with Gasteiger partial charge in [-0.05, 0) is 35.9 Å². The molecule has 0 amide bonds. The molecule has 0 aliphatic heterocycles. The van der Waals surface area contributed by atoms with Gasteiger partial charge in [-0.2, -0.15) is 0 Å². The molecule has 0 fully saturated rings. The summed E-state index contributed by atoms with van der Waals surface area (Å²) in [6, 6.07) is 8.37. The van der Waals surface area contributed by atoms with Crippen LogP contribution in [-0.4, -0.2) is 7.11 Å². The highest BCUT2D eigenvalue weighted by Gasteiger charge is 2.08. The molecule has 0 aromatic heterocycles. The topological polar surface area (TPSA) is 35.2 Å².